The number of methoxy groups -OCH3 is 1. The van der Waals surface area contributed by atoms with Crippen LogP contribution in [0, 0.1) is 10.1 Å². The lowest BCUT2D eigenvalue weighted by atomic mass is 10.1. The number of nitrogens with zero attached hydrogens (tertiary/aromatic N) is 3. The van der Waals surface area contributed by atoms with Crippen LogP contribution in [0.4, 0.5) is 11.4 Å². The van der Waals surface area contributed by atoms with E-state index in [0.29, 0.717) is 17.0 Å². The van der Waals surface area contributed by atoms with Gasteiger partial charge in [0.15, 0.2) is 5.84 Å². The summed E-state index contributed by atoms with van der Waals surface area (Å²) in [7, 11) is -0.735. The second-order valence-electron chi connectivity index (χ2n) is 5.08. The van der Waals surface area contributed by atoms with Crippen LogP contribution in [0.25, 0.3) is 0 Å². The third-order valence-corrected chi connectivity index (χ3v) is 4.99. The summed E-state index contributed by atoms with van der Waals surface area (Å²) in [6, 6.07) is 10.7. The molecule has 1 aliphatic heterocycles. The van der Waals surface area contributed by atoms with Crippen molar-refractivity contribution in [3.63, 3.8) is 0 Å². The molecule has 0 saturated heterocycles. The number of hydrogen-bond acceptors (Lipinski definition) is 6. The Labute approximate surface area is 138 Å². The quantitative estimate of drug-likeness (QED) is 0.623. The molecule has 0 atom stereocenters. The van der Waals surface area contributed by atoms with E-state index in [2.05, 4.69) is 4.40 Å². The van der Waals surface area contributed by atoms with Gasteiger partial charge in [-0.3, -0.25) is 10.1 Å². The SMILES string of the molecule is COc1ccc(N(C)C2=NS(=O)(=O)c3cc([N+](=O)[O-])ccc32)cc1. The molecule has 8 nitrogen and oxygen atoms in total. The zero-order valence-electron chi connectivity index (χ0n) is 12.8. The lowest BCUT2D eigenvalue weighted by molar-refractivity contribution is -0.385. The van der Waals surface area contributed by atoms with Crippen molar-refractivity contribution >= 4 is 27.2 Å². The molecule has 0 aliphatic carbocycles. The number of amidine groups is 1. The molecule has 0 aromatic heterocycles. The molecule has 0 bridgehead atoms. The maximum atomic E-state index is 12.2. The fraction of sp³-hybridized carbons (Fsp3) is 0.133. The predicted octanol–water partition coefficient (Wildman–Crippen LogP) is 2.19. The van der Waals surface area contributed by atoms with Crippen LogP contribution in [0.3, 0.4) is 0 Å². The molecular weight excluding hydrogens is 334 g/mol. The minimum absolute atomic E-state index is 0.160. The van der Waals surface area contributed by atoms with Gasteiger partial charge in [-0.05, 0) is 30.3 Å². The number of ether oxygens (including phenoxy) is 1. The summed E-state index contributed by atoms with van der Waals surface area (Å²) in [4.78, 5) is 11.7. The average molecular weight is 347 g/mol. The summed E-state index contributed by atoms with van der Waals surface area (Å²) in [6.07, 6.45) is 0. The van der Waals surface area contributed by atoms with Crippen LogP contribution in [0.5, 0.6) is 5.75 Å². The van der Waals surface area contributed by atoms with Crippen LogP contribution in [-0.4, -0.2) is 33.3 Å². The average Bonchev–Trinajstić information content (AvgIpc) is 2.85. The highest BCUT2D eigenvalue weighted by molar-refractivity contribution is 7.90. The third kappa shape index (κ3) is 2.58. The smallest absolute Gasteiger partial charge is 0.285 e. The normalized spacial score (nSPS) is 14.7. The highest BCUT2D eigenvalue weighted by Crippen LogP contribution is 2.32. The van der Waals surface area contributed by atoms with Crippen molar-refractivity contribution < 1.29 is 18.1 Å². The number of anilines is 1. The van der Waals surface area contributed by atoms with Gasteiger partial charge < -0.3 is 9.64 Å². The van der Waals surface area contributed by atoms with E-state index in [4.69, 9.17) is 4.74 Å². The lowest BCUT2D eigenvalue weighted by Gasteiger charge is -2.19. The number of nitro groups is 1. The van der Waals surface area contributed by atoms with Crippen molar-refractivity contribution in [2.45, 2.75) is 4.90 Å². The van der Waals surface area contributed by atoms with E-state index in [9.17, 15) is 18.5 Å². The molecule has 3 rings (SSSR count). The Hall–Kier alpha value is -2.94. The first kappa shape index (κ1) is 15.9. The summed E-state index contributed by atoms with van der Waals surface area (Å²) in [5, 5.41) is 10.9. The van der Waals surface area contributed by atoms with Crippen molar-refractivity contribution in [3.05, 3.63) is 58.1 Å². The van der Waals surface area contributed by atoms with E-state index in [1.54, 1.807) is 43.3 Å². The molecule has 0 spiro atoms. The van der Waals surface area contributed by atoms with Gasteiger partial charge in [0.1, 0.15) is 10.6 Å². The largest absolute Gasteiger partial charge is 0.497 e. The molecular formula is C15H13N3O5S. The summed E-state index contributed by atoms with van der Waals surface area (Å²) in [5.74, 6) is 0.884. The standard InChI is InChI=1S/C15H13N3O5S/c1-17(10-3-6-12(23-2)7-4-10)15-13-8-5-11(18(19)20)9-14(13)24(21,22)16-15/h3-9H,1-2H3. The van der Waals surface area contributed by atoms with E-state index in [-0.39, 0.29) is 16.4 Å². The molecule has 124 valence electrons. The molecule has 24 heavy (non-hydrogen) atoms. The van der Waals surface area contributed by atoms with Crippen molar-refractivity contribution in [1.82, 2.24) is 0 Å². The third-order valence-electron chi connectivity index (χ3n) is 3.68. The van der Waals surface area contributed by atoms with E-state index in [0.717, 1.165) is 6.07 Å². The lowest BCUT2D eigenvalue weighted by Crippen LogP contribution is -2.25. The first-order chi connectivity index (χ1) is 11.3. The number of rotatable bonds is 3. The van der Waals surface area contributed by atoms with Crippen LogP contribution in [-0.2, 0) is 10.0 Å². The van der Waals surface area contributed by atoms with Gasteiger partial charge in [0, 0.05) is 30.4 Å². The molecule has 0 saturated carbocycles. The first-order valence-electron chi connectivity index (χ1n) is 6.85. The Balaban J connectivity index is 2.05. The maximum Gasteiger partial charge on any atom is 0.285 e. The fourth-order valence-corrected chi connectivity index (χ4v) is 3.66. The molecule has 0 amide bonds. The molecule has 1 aliphatic rings. The van der Waals surface area contributed by atoms with Crippen molar-refractivity contribution in [2.24, 2.45) is 4.40 Å². The van der Waals surface area contributed by atoms with Gasteiger partial charge in [-0.15, -0.1) is 4.40 Å². The van der Waals surface area contributed by atoms with Gasteiger partial charge in [-0.1, -0.05) is 0 Å². The molecule has 0 N–H and O–H groups in total. The summed E-state index contributed by atoms with van der Waals surface area (Å²) < 4.78 is 33.3. The Morgan fingerprint density at radius 3 is 2.42 bits per heavy atom. The van der Waals surface area contributed by atoms with Crippen LogP contribution >= 0.6 is 0 Å². The number of hydrogen-bond donors (Lipinski definition) is 0. The van der Waals surface area contributed by atoms with Crippen molar-refractivity contribution in [3.8, 4) is 5.75 Å². The zero-order valence-corrected chi connectivity index (χ0v) is 13.6. The van der Waals surface area contributed by atoms with E-state index >= 15 is 0 Å². The summed E-state index contributed by atoms with van der Waals surface area (Å²) in [5.41, 5.74) is 0.746. The molecule has 9 heteroatoms. The monoisotopic (exact) mass is 347 g/mol. The van der Waals surface area contributed by atoms with Gasteiger partial charge in [0.25, 0.3) is 15.7 Å². The highest BCUT2D eigenvalue weighted by Gasteiger charge is 2.33. The Bertz CT molecular complexity index is 952. The number of sulfonamides is 1. The van der Waals surface area contributed by atoms with Crippen LogP contribution in [0.1, 0.15) is 5.56 Å². The van der Waals surface area contributed by atoms with E-state index in [1.165, 1.54) is 12.1 Å². The summed E-state index contributed by atoms with van der Waals surface area (Å²) in [6.45, 7) is 0. The topological polar surface area (TPSA) is 102 Å². The zero-order chi connectivity index (χ0) is 17.5. The second kappa shape index (κ2) is 5.60. The maximum absolute atomic E-state index is 12.2. The van der Waals surface area contributed by atoms with Crippen molar-refractivity contribution in [1.29, 1.82) is 0 Å². The Morgan fingerprint density at radius 1 is 1.17 bits per heavy atom. The minimum Gasteiger partial charge on any atom is -0.497 e. The molecule has 0 radical (unpaired) electrons. The van der Waals surface area contributed by atoms with Crippen LogP contribution in [0.15, 0.2) is 51.8 Å². The fourth-order valence-electron chi connectivity index (χ4n) is 2.40. The van der Waals surface area contributed by atoms with E-state index < -0.39 is 14.9 Å². The van der Waals surface area contributed by atoms with Gasteiger partial charge in [0.2, 0.25) is 0 Å². The van der Waals surface area contributed by atoms with Gasteiger partial charge in [0.05, 0.1) is 12.0 Å². The van der Waals surface area contributed by atoms with Gasteiger partial charge in [-0.2, -0.15) is 8.42 Å². The van der Waals surface area contributed by atoms with Crippen molar-refractivity contribution in [2.75, 3.05) is 19.1 Å². The predicted molar refractivity (Wildman–Crippen MR) is 88.2 cm³/mol. The molecule has 0 unspecified atom stereocenters. The second-order valence-corrected chi connectivity index (χ2v) is 6.66. The highest BCUT2D eigenvalue weighted by atomic mass is 32.2. The number of nitro benzene ring substituents is 1. The Morgan fingerprint density at radius 2 is 1.83 bits per heavy atom. The van der Waals surface area contributed by atoms with Crippen LogP contribution < -0.4 is 9.64 Å². The molecule has 2 aromatic carbocycles. The molecule has 0 fully saturated rings. The number of benzene rings is 2. The first-order valence-corrected chi connectivity index (χ1v) is 8.29. The van der Waals surface area contributed by atoms with Crippen LogP contribution in [0.2, 0.25) is 0 Å². The van der Waals surface area contributed by atoms with E-state index in [1.807, 2.05) is 0 Å². The van der Waals surface area contributed by atoms with Gasteiger partial charge in [-0.25, -0.2) is 0 Å². The van der Waals surface area contributed by atoms with Gasteiger partial charge >= 0.3 is 0 Å². The minimum atomic E-state index is -3.96. The summed E-state index contributed by atoms with van der Waals surface area (Å²) >= 11 is 0. The molecule has 1 heterocycles. The molecule has 2 aromatic rings. The number of non-ortho nitro benzene ring substituents is 1. The number of fused-ring (bicyclic) bond motifs is 1. The Kier molecular flexibility index (Phi) is 3.72.